The number of hydrogen-bond donors (Lipinski definition) is 1. The number of nitrogens with one attached hydrogen (secondary N) is 1. The summed E-state index contributed by atoms with van der Waals surface area (Å²) in [6, 6.07) is 7.73. The van der Waals surface area contributed by atoms with Crippen LogP contribution in [0.15, 0.2) is 24.3 Å². The monoisotopic (exact) mass is 314 g/mol. The molecule has 0 unspecified atom stereocenters. The summed E-state index contributed by atoms with van der Waals surface area (Å²) >= 11 is 0. The first-order valence-corrected chi connectivity index (χ1v) is 8.17. The van der Waals surface area contributed by atoms with E-state index >= 15 is 0 Å². The Morgan fingerprint density at radius 2 is 1.91 bits per heavy atom. The first-order valence-electron chi connectivity index (χ1n) is 8.17. The van der Waals surface area contributed by atoms with Gasteiger partial charge < -0.3 is 15.0 Å². The van der Waals surface area contributed by atoms with Crippen molar-refractivity contribution in [2.75, 3.05) is 36.5 Å². The lowest BCUT2D eigenvalue weighted by Crippen LogP contribution is -2.23. The molecule has 1 aromatic carbocycles. The summed E-state index contributed by atoms with van der Waals surface area (Å²) in [4.78, 5) is 23.6. The Morgan fingerprint density at radius 1 is 1.22 bits per heavy atom. The van der Waals surface area contributed by atoms with Crippen LogP contribution in [0.2, 0.25) is 0 Å². The number of aromatic nitrogens is 2. The minimum absolute atomic E-state index is 0.0940. The van der Waals surface area contributed by atoms with Crippen LogP contribution in [0.5, 0.6) is 0 Å². The number of nitrogens with zero attached hydrogens (tertiary/aromatic N) is 3. The van der Waals surface area contributed by atoms with Gasteiger partial charge >= 0.3 is 0 Å². The molecule has 1 amide bonds. The van der Waals surface area contributed by atoms with Gasteiger partial charge in [-0.25, -0.2) is 9.97 Å². The zero-order valence-electron chi connectivity index (χ0n) is 13.4. The SMILES string of the molecule is CCOCCC(=O)Nc1nc2ccccc2nc1N1CCCC1. The van der Waals surface area contributed by atoms with E-state index in [1.807, 2.05) is 31.2 Å². The first kappa shape index (κ1) is 15.7. The lowest BCUT2D eigenvalue weighted by atomic mass is 10.3. The maximum absolute atomic E-state index is 12.1. The molecule has 23 heavy (non-hydrogen) atoms. The highest BCUT2D eigenvalue weighted by molar-refractivity contribution is 5.94. The molecule has 1 fully saturated rings. The molecular weight excluding hydrogens is 292 g/mol. The molecule has 6 heteroatoms. The fourth-order valence-electron chi connectivity index (χ4n) is 2.73. The summed E-state index contributed by atoms with van der Waals surface area (Å²) in [6.07, 6.45) is 2.61. The summed E-state index contributed by atoms with van der Waals surface area (Å²) in [5.74, 6) is 1.22. The summed E-state index contributed by atoms with van der Waals surface area (Å²) in [5, 5.41) is 2.90. The fraction of sp³-hybridized carbons (Fsp3) is 0.471. The number of rotatable bonds is 6. The van der Waals surface area contributed by atoms with Crippen molar-refractivity contribution in [3.63, 3.8) is 0 Å². The van der Waals surface area contributed by atoms with Crippen LogP contribution in [0, 0.1) is 0 Å². The van der Waals surface area contributed by atoms with Crippen molar-refractivity contribution in [2.24, 2.45) is 0 Å². The van der Waals surface area contributed by atoms with E-state index in [9.17, 15) is 4.79 Å². The Hall–Kier alpha value is -2.21. The number of anilines is 2. The molecule has 1 N–H and O–H groups in total. The summed E-state index contributed by atoms with van der Waals surface area (Å²) in [5.41, 5.74) is 1.64. The number of fused-ring (bicyclic) bond motifs is 1. The minimum Gasteiger partial charge on any atom is -0.381 e. The Bertz CT molecular complexity index is 683. The third-order valence-corrected chi connectivity index (χ3v) is 3.89. The van der Waals surface area contributed by atoms with Gasteiger partial charge in [0.25, 0.3) is 0 Å². The Labute approximate surface area is 135 Å². The highest BCUT2D eigenvalue weighted by Gasteiger charge is 2.20. The first-order chi connectivity index (χ1) is 11.3. The van der Waals surface area contributed by atoms with E-state index in [2.05, 4.69) is 15.2 Å². The van der Waals surface area contributed by atoms with Gasteiger partial charge in [-0.3, -0.25) is 4.79 Å². The van der Waals surface area contributed by atoms with Gasteiger partial charge in [-0.1, -0.05) is 12.1 Å². The lowest BCUT2D eigenvalue weighted by Gasteiger charge is -2.20. The molecule has 1 aliphatic heterocycles. The highest BCUT2D eigenvalue weighted by Crippen LogP contribution is 2.27. The van der Waals surface area contributed by atoms with Crippen molar-refractivity contribution in [2.45, 2.75) is 26.2 Å². The quantitative estimate of drug-likeness (QED) is 0.830. The van der Waals surface area contributed by atoms with E-state index in [-0.39, 0.29) is 5.91 Å². The van der Waals surface area contributed by atoms with Crippen LogP contribution in [0.3, 0.4) is 0 Å². The molecular formula is C17H22N4O2. The van der Waals surface area contributed by atoms with Crippen LogP contribution >= 0.6 is 0 Å². The van der Waals surface area contributed by atoms with Gasteiger partial charge in [0.2, 0.25) is 5.91 Å². The average molecular weight is 314 g/mol. The van der Waals surface area contributed by atoms with Crippen LogP contribution in [0.4, 0.5) is 11.6 Å². The number of para-hydroxylation sites is 2. The van der Waals surface area contributed by atoms with Crippen molar-refractivity contribution in [3.8, 4) is 0 Å². The zero-order valence-corrected chi connectivity index (χ0v) is 13.4. The molecule has 0 atom stereocenters. The standard InChI is InChI=1S/C17H22N4O2/c1-2-23-12-9-15(22)20-16-17(21-10-5-6-11-21)19-14-8-4-3-7-13(14)18-16/h3-4,7-8H,2,5-6,9-12H2,1H3,(H,18,20,22). The Morgan fingerprint density at radius 3 is 2.61 bits per heavy atom. The van der Waals surface area contributed by atoms with Crippen molar-refractivity contribution in [1.29, 1.82) is 0 Å². The molecule has 0 bridgehead atoms. The van der Waals surface area contributed by atoms with E-state index in [0.717, 1.165) is 42.8 Å². The second kappa shape index (κ2) is 7.37. The van der Waals surface area contributed by atoms with Crippen molar-refractivity contribution >= 4 is 28.6 Å². The molecule has 1 saturated heterocycles. The largest absolute Gasteiger partial charge is 0.381 e. The van der Waals surface area contributed by atoms with Crippen LogP contribution in [-0.2, 0) is 9.53 Å². The topological polar surface area (TPSA) is 67.3 Å². The van der Waals surface area contributed by atoms with Crippen LogP contribution in [-0.4, -0.2) is 42.2 Å². The number of hydrogen-bond acceptors (Lipinski definition) is 5. The normalized spacial score (nSPS) is 14.4. The van der Waals surface area contributed by atoms with Gasteiger partial charge in [-0.2, -0.15) is 0 Å². The van der Waals surface area contributed by atoms with Crippen LogP contribution in [0.1, 0.15) is 26.2 Å². The summed E-state index contributed by atoms with van der Waals surface area (Å²) in [6.45, 7) is 4.85. The predicted octanol–water partition coefficient (Wildman–Crippen LogP) is 2.60. The number of carbonyl (C=O) groups is 1. The fourth-order valence-corrected chi connectivity index (χ4v) is 2.73. The molecule has 1 aromatic heterocycles. The number of carbonyl (C=O) groups excluding carboxylic acids is 1. The van der Waals surface area contributed by atoms with Gasteiger partial charge in [0.05, 0.1) is 24.1 Å². The molecule has 0 saturated carbocycles. The molecule has 0 radical (unpaired) electrons. The number of amides is 1. The number of ether oxygens (including phenoxy) is 1. The van der Waals surface area contributed by atoms with E-state index in [4.69, 9.17) is 9.72 Å². The highest BCUT2D eigenvalue weighted by atomic mass is 16.5. The Balaban J connectivity index is 1.86. The lowest BCUT2D eigenvalue weighted by molar-refractivity contribution is -0.117. The average Bonchev–Trinajstić information content (AvgIpc) is 3.09. The van der Waals surface area contributed by atoms with Gasteiger partial charge in [-0.15, -0.1) is 0 Å². The molecule has 2 aromatic rings. The van der Waals surface area contributed by atoms with Gasteiger partial charge in [0.15, 0.2) is 11.6 Å². The second-order valence-corrected chi connectivity index (χ2v) is 5.57. The number of benzene rings is 1. The van der Waals surface area contributed by atoms with Crippen molar-refractivity contribution in [3.05, 3.63) is 24.3 Å². The zero-order chi connectivity index (χ0) is 16.1. The maximum Gasteiger partial charge on any atom is 0.227 e. The third-order valence-electron chi connectivity index (χ3n) is 3.89. The van der Waals surface area contributed by atoms with E-state index < -0.39 is 0 Å². The van der Waals surface area contributed by atoms with Crippen molar-refractivity contribution < 1.29 is 9.53 Å². The second-order valence-electron chi connectivity index (χ2n) is 5.57. The summed E-state index contributed by atoms with van der Waals surface area (Å²) < 4.78 is 5.23. The summed E-state index contributed by atoms with van der Waals surface area (Å²) in [7, 11) is 0. The Kier molecular flexibility index (Phi) is 5.02. The van der Waals surface area contributed by atoms with E-state index in [1.165, 1.54) is 0 Å². The van der Waals surface area contributed by atoms with Crippen LogP contribution < -0.4 is 10.2 Å². The van der Waals surface area contributed by atoms with Gasteiger partial charge in [-0.05, 0) is 31.9 Å². The van der Waals surface area contributed by atoms with E-state index in [1.54, 1.807) is 0 Å². The predicted molar refractivity (Wildman–Crippen MR) is 90.7 cm³/mol. The van der Waals surface area contributed by atoms with Crippen molar-refractivity contribution in [1.82, 2.24) is 9.97 Å². The molecule has 1 aliphatic rings. The maximum atomic E-state index is 12.1. The van der Waals surface area contributed by atoms with E-state index in [0.29, 0.717) is 25.5 Å². The molecule has 2 heterocycles. The molecule has 3 rings (SSSR count). The van der Waals surface area contributed by atoms with Crippen LogP contribution in [0.25, 0.3) is 11.0 Å². The minimum atomic E-state index is -0.0940. The third kappa shape index (κ3) is 3.76. The molecule has 0 aliphatic carbocycles. The molecule has 0 spiro atoms. The molecule has 122 valence electrons. The molecule has 6 nitrogen and oxygen atoms in total. The van der Waals surface area contributed by atoms with Gasteiger partial charge in [0, 0.05) is 19.7 Å². The smallest absolute Gasteiger partial charge is 0.227 e. The van der Waals surface area contributed by atoms with Gasteiger partial charge in [0.1, 0.15) is 0 Å².